The summed E-state index contributed by atoms with van der Waals surface area (Å²) in [4.78, 5) is 12.6. The summed E-state index contributed by atoms with van der Waals surface area (Å²) in [6.45, 7) is 12.2. The minimum atomic E-state index is -3.42. The minimum absolute atomic E-state index is 0.0816. The molecule has 29 heavy (non-hydrogen) atoms. The van der Waals surface area contributed by atoms with Gasteiger partial charge in [0.05, 0.1) is 24.5 Å². The van der Waals surface area contributed by atoms with Gasteiger partial charge in [-0.05, 0) is 47.7 Å². The first-order valence-corrected chi connectivity index (χ1v) is 11.4. The summed E-state index contributed by atoms with van der Waals surface area (Å²) in [6.07, 6.45) is 2.66. The fraction of sp³-hybridized carbons (Fsp3) is 0.348. The molecule has 0 aliphatic carbocycles. The van der Waals surface area contributed by atoms with Crippen molar-refractivity contribution < 1.29 is 13.2 Å². The van der Waals surface area contributed by atoms with Gasteiger partial charge in [-0.1, -0.05) is 51.1 Å². The molecule has 2 aromatic carbocycles. The number of rotatable bonds is 7. The lowest BCUT2D eigenvalue weighted by Gasteiger charge is -2.21. The lowest BCUT2D eigenvalue weighted by atomic mass is 9.86. The molecule has 0 bridgehead atoms. The monoisotopic (exact) mass is 414 g/mol. The lowest BCUT2D eigenvalue weighted by Crippen LogP contribution is -2.30. The molecule has 6 heteroatoms. The van der Waals surface area contributed by atoms with Crippen molar-refractivity contribution in [2.45, 2.75) is 39.2 Å². The van der Waals surface area contributed by atoms with Crippen LogP contribution in [0.2, 0.25) is 0 Å². The van der Waals surface area contributed by atoms with Crippen molar-refractivity contribution in [2.24, 2.45) is 0 Å². The van der Waals surface area contributed by atoms with E-state index in [2.05, 4.69) is 44.8 Å². The van der Waals surface area contributed by atoms with E-state index < -0.39 is 10.0 Å². The summed E-state index contributed by atoms with van der Waals surface area (Å²) in [6, 6.07) is 14.6. The Morgan fingerprint density at radius 1 is 1.10 bits per heavy atom. The Morgan fingerprint density at radius 3 is 2.10 bits per heavy atom. The minimum Gasteiger partial charge on any atom is -0.346 e. The van der Waals surface area contributed by atoms with Crippen molar-refractivity contribution >= 4 is 21.6 Å². The van der Waals surface area contributed by atoms with E-state index in [0.717, 1.165) is 11.8 Å². The molecule has 0 saturated carbocycles. The van der Waals surface area contributed by atoms with Crippen molar-refractivity contribution in [1.29, 1.82) is 0 Å². The number of hydrogen-bond donors (Lipinski definition) is 1. The number of sulfonamides is 1. The quantitative estimate of drug-likeness (QED) is 0.682. The zero-order chi connectivity index (χ0) is 21.8. The average Bonchev–Trinajstić information content (AvgIpc) is 2.64. The maximum Gasteiger partial charge on any atom is 0.251 e. The maximum atomic E-state index is 12.6. The van der Waals surface area contributed by atoms with Gasteiger partial charge in [0.25, 0.3) is 5.91 Å². The van der Waals surface area contributed by atoms with Gasteiger partial charge in [0.1, 0.15) is 0 Å². The fourth-order valence-electron chi connectivity index (χ4n) is 2.96. The zero-order valence-corrected chi connectivity index (χ0v) is 18.6. The third-order valence-electron chi connectivity index (χ3n) is 4.74. The molecule has 1 atom stereocenters. The van der Waals surface area contributed by atoms with Crippen LogP contribution in [0, 0.1) is 0 Å². The lowest BCUT2D eigenvalue weighted by molar-refractivity contribution is 0.0940. The van der Waals surface area contributed by atoms with Crippen LogP contribution < -0.4 is 9.62 Å². The molecule has 0 fully saturated rings. The first kappa shape index (κ1) is 22.7. The van der Waals surface area contributed by atoms with Crippen LogP contribution >= 0.6 is 0 Å². The largest absolute Gasteiger partial charge is 0.346 e. The van der Waals surface area contributed by atoms with Crippen molar-refractivity contribution in [3.63, 3.8) is 0 Å². The van der Waals surface area contributed by atoms with Gasteiger partial charge in [-0.25, -0.2) is 8.42 Å². The molecule has 0 aromatic heterocycles. The molecule has 0 heterocycles. The maximum absolute atomic E-state index is 12.6. The first-order valence-electron chi connectivity index (χ1n) is 9.53. The summed E-state index contributed by atoms with van der Waals surface area (Å²) < 4.78 is 25.1. The van der Waals surface area contributed by atoms with Crippen LogP contribution in [0.4, 0.5) is 5.69 Å². The van der Waals surface area contributed by atoms with E-state index >= 15 is 0 Å². The van der Waals surface area contributed by atoms with E-state index in [1.165, 1.54) is 15.9 Å². The second kappa shape index (κ2) is 8.82. The Morgan fingerprint density at radius 2 is 1.66 bits per heavy atom. The Labute approximate surface area is 174 Å². The molecule has 1 N–H and O–H groups in total. The van der Waals surface area contributed by atoms with Gasteiger partial charge >= 0.3 is 0 Å². The number of anilines is 1. The topological polar surface area (TPSA) is 66.5 Å². The highest BCUT2D eigenvalue weighted by molar-refractivity contribution is 7.92. The second-order valence-electron chi connectivity index (χ2n) is 8.20. The highest BCUT2D eigenvalue weighted by Gasteiger charge is 2.18. The van der Waals surface area contributed by atoms with E-state index in [1.54, 1.807) is 24.3 Å². The Hall–Kier alpha value is -2.60. The van der Waals surface area contributed by atoms with Crippen LogP contribution in [0.1, 0.15) is 55.2 Å². The highest BCUT2D eigenvalue weighted by atomic mass is 32.2. The first-order chi connectivity index (χ1) is 13.4. The molecule has 0 unspecified atom stereocenters. The van der Waals surface area contributed by atoms with E-state index in [4.69, 9.17) is 0 Å². The molecular formula is C23H30N2O3S. The fourth-order valence-corrected chi connectivity index (χ4v) is 3.84. The van der Waals surface area contributed by atoms with Gasteiger partial charge in [0.15, 0.2) is 0 Å². The zero-order valence-electron chi connectivity index (χ0n) is 17.8. The third kappa shape index (κ3) is 5.94. The average molecular weight is 415 g/mol. The Balaban J connectivity index is 2.11. The van der Waals surface area contributed by atoms with Crippen LogP contribution in [-0.4, -0.2) is 27.1 Å². The normalized spacial score (nSPS) is 12.9. The summed E-state index contributed by atoms with van der Waals surface area (Å²) in [5.74, 6) is -0.210. The van der Waals surface area contributed by atoms with E-state index in [1.807, 2.05) is 19.1 Å². The molecular weight excluding hydrogens is 384 g/mol. The van der Waals surface area contributed by atoms with Crippen LogP contribution in [0.5, 0.6) is 0 Å². The summed E-state index contributed by atoms with van der Waals surface area (Å²) >= 11 is 0. The van der Waals surface area contributed by atoms with Gasteiger partial charge in [-0.2, -0.15) is 0 Å². The van der Waals surface area contributed by atoms with Gasteiger partial charge < -0.3 is 5.32 Å². The number of nitrogens with one attached hydrogen (secondary N) is 1. The van der Waals surface area contributed by atoms with Crippen molar-refractivity contribution in [3.8, 4) is 0 Å². The molecule has 156 valence electrons. The third-order valence-corrected chi connectivity index (χ3v) is 5.90. The molecule has 0 saturated heterocycles. The number of nitrogens with zero attached hydrogens (tertiary/aromatic N) is 1. The predicted molar refractivity (Wildman–Crippen MR) is 120 cm³/mol. The van der Waals surface area contributed by atoms with Gasteiger partial charge in [0, 0.05) is 5.56 Å². The number of carbonyl (C=O) groups excluding carboxylic acids is 1. The molecule has 0 aliphatic rings. The van der Waals surface area contributed by atoms with Gasteiger partial charge in [-0.15, -0.1) is 6.58 Å². The SMILES string of the molecule is C=CCN(c1ccc(C(=O)N[C@@H](C)c2ccc(C(C)(C)C)cc2)cc1)S(C)(=O)=O. The molecule has 1 amide bonds. The number of benzene rings is 2. The molecule has 0 radical (unpaired) electrons. The molecule has 2 rings (SSSR count). The van der Waals surface area contributed by atoms with Gasteiger partial charge in [0.2, 0.25) is 10.0 Å². The standard InChI is InChI=1S/C23H30N2O3S/c1-7-16-25(29(6,27)28)21-14-10-19(11-15-21)22(26)24-17(2)18-8-12-20(13-9-18)23(3,4)5/h7-15,17H,1,16H2,2-6H3,(H,24,26)/t17-/m0/s1. The van der Waals surface area contributed by atoms with Crippen molar-refractivity contribution in [2.75, 3.05) is 17.1 Å². The summed E-state index contributed by atoms with van der Waals surface area (Å²) in [5, 5.41) is 2.99. The number of hydrogen-bond acceptors (Lipinski definition) is 3. The summed E-state index contributed by atoms with van der Waals surface area (Å²) in [7, 11) is -3.42. The summed E-state index contributed by atoms with van der Waals surface area (Å²) in [5.41, 5.74) is 3.31. The van der Waals surface area contributed by atoms with E-state index in [9.17, 15) is 13.2 Å². The van der Waals surface area contributed by atoms with Crippen molar-refractivity contribution in [3.05, 3.63) is 77.9 Å². The van der Waals surface area contributed by atoms with Crippen molar-refractivity contribution in [1.82, 2.24) is 5.32 Å². The second-order valence-corrected chi connectivity index (χ2v) is 10.1. The van der Waals surface area contributed by atoms with Gasteiger partial charge in [-0.3, -0.25) is 9.10 Å². The predicted octanol–water partition coefficient (Wildman–Crippen LogP) is 4.43. The van der Waals surface area contributed by atoms with Crippen LogP contribution in [0.15, 0.2) is 61.2 Å². The van der Waals surface area contributed by atoms with Crippen LogP contribution in [-0.2, 0) is 15.4 Å². The Bertz CT molecular complexity index is 957. The van der Waals surface area contributed by atoms with E-state index in [-0.39, 0.29) is 23.9 Å². The highest BCUT2D eigenvalue weighted by Crippen LogP contribution is 2.24. The van der Waals surface area contributed by atoms with Crippen LogP contribution in [0.25, 0.3) is 0 Å². The molecule has 0 aliphatic heterocycles. The molecule has 5 nitrogen and oxygen atoms in total. The number of carbonyl (C=O) groups is 1. The van der Waals surface area contributed by atoms with E-state index in [0.29, 0.717) is 11.3 Å². The molecule has 0 spiro atoms. The van der Waals surface area contributed by atoms with Crippen LogP contribution in [0.3, 0.4) is 0 Å². The smallest absolute Gasteiger partial charge is 0.251 e. The number of amides is 1. The molecule has 2 aromatic rings. The Kier molecular flexibility index (Phi) is 6.90.